The Morgan fingerprint density at radius 2 is 2.09 bits per heavy atom. The van der Waals surface area contributed by atoms with Crippen LogP contribution in [0.1, 0.15) is 44.2 Å². The number of carboxylic acid groups (broad SMARTS) is 1. The van der Waals surface area contributed by atoms with Crippen molar-refractivity contribution in [1.82, 2.24) is 5.32 Å². The van der Waals surface area contributed by atoms with Gasteiger partial charge >= 0.3 is 5.97 Å². The molecule has 5 heteroatoms. The van der Waals surface area contributed by atoms with Gasteiger partial charge in [0.2, 0.25) is 5.91 Å². The Balaban J connectivity index is 1.96. The number of ether oxygens (including phenoxy) is 1. The highest BCUT2D eigenvalue weighted by Crippen LogP contribution is 2.23. The predicted molar refractivity (Wildman–Crippen MR) is 82.3 cm³/mol. The van der Waals surface area contributed by atoms with E-state index in [9.17, 15) is 14.7 Å². The van der Waals surface area contributed by atoms with Gasteiger partial charge in [-0.1, -0.05) is 30.3 Å². The molecule has 3 unspecified atom stereocenters. The van der Waals surface area contributed by atoms with Crippen LogP contribution in [-0.4, -0.2) is 29.7 Å². The minimum Gasteiger partial charge on any atom is -0.481 e. The lowest BCUT2D eigenvalue weighted by Crippen LogP contribution is -2.35. The molecule has 1 amide bonds. The first-order valence-electron chi connectivity index (χ1n) is 7.76. The molecule has 1 aliphatic rings. The van der Waals surface area contributed by atoms with E-state index in [0.29, 0.717) is 12.8 Å². The van der Waals surface area contributed by atoms with Crippen molar-refractivity contribution in [2.75, 3.05) is 6.61 Å². The maximum absolute atomic E-state index is 12.2. The van der Waals surface area contributed by atoms with Gasteiger partial charge in [-0.15, -0.1) is 0 Å². The quantitative estimate of drug-likeness (QED) is 0.811. The highest BCUT2D eigenvalue weighted by atomic mass is 16.5. The van der Waals surface area contributed by atoms with Gasteiger partial charge in [0.15, 0.2) is 0 Å². The second-order valence-electron chi connectivity index (χ2n) is 5.76. The lowest BCUT2D eigenvalue weighted by Gasteiger charge is -2.23. The molecule has 1 fully saturated rings. The molecular formula is C17H23NO4. The summed E-state index contributed by atoms with van der Waals surface area (Å²) in [6.07, 6.45) is 3.27. The van der Waals surface area contributed by atoms with Gasteiger partial charge in [0.25, 0.3) is 0 Å². The first kappa shape index (κ1) is 16.5. The lowest BCUT2D eigenvalue weighted by molar-refractivity contribution is -0.142. The molecule has 2 rings (SSSR count). The molecule has 0 spiro atoms. The Kier molecular flexibility index (Phi) is 5.95. The highest BCUT2D eigenvalue weighted by Gasteiger charge is 2.27. The van der Waals surface area contributed by atoms with Gasteiger partial charge in [0.1, 0.15) is 0 Å². The minimum absolute atomic E-state index is 0.127. The third-order valence-electron chi connectivity index (χ3n) is 4.08. The molecular weight excluding hydrogens is 282 g/mol. The Labute approximate surface area is 130 Å². The number of carboxylic acids is 1. The van der Waals surface area contributed by atoms with Crippen molar-refractivity contribution in [1.29, 1.82) is 0 Å². The molecule has 1 saturated heterocycles. The first-order chi connectivity index (χ1) is 10.6. The molecule has 1 aliphatic heterocycles. The van der Waals surface area contributed by atoms with Crippen molar-refractivity contribution in [3.8, 4) is 0 Å². The summed E-state index contributed by atoms with van der Waals surface area (Å²) >= 11 is 0. The number of aliphatic carboxylic acids is 1. The summed E-state index contributed by atoms with van der Waals surface area (Å²) < 4.78 is 5.50. The summed E-state index contributed by atoms with van der Waals surface area (Å²) in [5.74, 6) is -1.74. The average molecular weight is 305 g/mol. The maximum Gasteiger partial charge on any atom is 0.308 e. The fraction of sp³-hybridized carbons (Fsp3) is 0.529. The van der Waals surface area contributed by atoms with Crippen LogP contribution >= 0.6 is 0 Å². The SMILES string of the molecule is CC(C(=O)O)C(NC(=O)CCC1CCCO1)c1ccccc1. The maximum atomic E-state index is 12.2. The van der Waals surface area contributed by atoms with Crippen LogP contribution in [-0.2, 0) is 14.3 Å². The van der Waals surface area contributed by atoms with Crippen molar-refractivity contribution >= 4 is 11.9 Å². The van der Waals surface area contributed by atoms with Crippen LogP contribution in [0.25, 0.3) is 0 Å². The van der Waals surface area contributed by atoms with E-state index in [1.165, 1.54) is 0 Å². The molecule has 1 aromatic carbocycles. The predicted octanol–water partition coefficient (Wildman–Crippen LogP) is 2.52. The Bertz CT molecular complexity index is 497. The molecule has 3 atom stereocenters. The van der Waals surface area contributed by atoms with Crippen molar-refractivity contribution in [3.63, 3.8) is 0 Å². The molecule has 2 N–H and O–H groups in total. The number of carbonyl (C=O) groups excluding carboxylic acids is 1. The Morgan fingerprint density at radius 3 is 2.68 bits per heavy atom. The van der Waals surface area contributed by atoms with Gasteiger partial charge in [0, 0.05) is 13.0 Å². The molecule has 1 heterocycles. The number of hydrogen-bond donors (Lipinski definition) is 2. The molecule has 0 aliphatic carbocycles. The fourth-order valence-corrected chi connectivity index (χ4v) is 2.71. The zero-order chi connectivity index (χ0) is 15.9. The summed E-state index contributed by atoms with van der Waals surface area (Å²) in [5.41, 5.74) is 0.808. The van der Waals surface area contributed by atoms with Crippen LogP contribution in [0.15, 0.2) is 30.3 Å². The van der Waals surface area contributed by atoms with Crippen LogP contribution in [0.4, 0.5) is 0 Å². The summed E-state index contributed by atoms with van der Waals surface area (Å²) in [6, 6.07) is 8.71. The van der Waals surface area contributed by atoms with Crippen molar-refractivity contribution in [2.24, 2.45) is 5.92 Å². The van der Waals surface area contributed by atoms with E-state index >= 15 is 0 Å². The second-order valence-corrected chi connectivity index (χ2v) is 5.76. The van der Waals surface area contributed by atoms with Gasteiger partial charge in [0.05, 0.1) is 18.1 Å². The third kappa shape index (κ3) is 4.56. The second kappa shape index (κ2) is 7.94. The van der Waals surface area contributed by atoms with Crippen LogP contribution in [0.2, 0.25) is 0 Å². The number of hydrogen-bond acceptors (Lipinski definition) is 3. The number of nitrogens with one attached hydrogen (secondary N) is 1. The smallest absolute Gasteiger partial charge is 0.308 e. The van der Waals surface area contributed by atoms with E-state index < -0.39 is 17.9 Å². The number of carbonyl (C=O) groups is 2. The molecule has 0 radical (unpaired) electrons. The normalized spacial score (nSPS) is 20.3. The van der Waals surface area contributed by atoms with E-state index in [1.54, 1.807) is 6.92 Å². The fourth-order valence-electron chi connectivity index (χ4n) is 2.71. The average Bonchev–Trinajstić information content (AvgIpc) is 3.04. The van der Waals surface area contributed by atoms with Gasteiger partial charge in [-0.2, -0.15) is 0 Å². The van der Waals surface area contributed by atoms with E-state index in [1.807, 2.05) is 30.3 Å². The van der Waals surface area contributed by atoms with Crippen LogP contribution in [0, 0.1) is 5.92 Å². The molecule has 1 aromatic rings. The minimum atomic E-state index is -0.923. The number of rotatable bonds is 7. The molecule has 5 nitrogen and oxygen atoms in total. The molecule has 120 valence electrons. The van der Waals surface area contributed by atoms with E-state index in [-0.39, 0.29) is 12.0 Å². The number of amides is 1. The van der Waals surface area contributed by atoms with Gasteiger partial charge in [-0.05, 0) is 31.7 Å². The third-order valence-corrected chi connectivity index (χ3v) is 4.08. The summed E-state index contributed by atoms with van der Waals surface area (Å²) in [7, 11) is 0. The van der Waals surface area contributed by atoms with Gasteiger partial charge in [-0.3, -0.25) is 9.59 Å². The van der Waals surface area contributed by atoms with Crippen molar-refractivity contribution < 1.29 is 19.4 Å². The number of benzene rings is 1. The van der Waals surface area contributed by atoms with Crippen LogP contribution in [0.5, 0.6) is 0 Å². The first-order valence-corrected chi connectivity index (χ1v) is 7.76. The van der Waals surface area contributed by atoms with Gasteiger partial charge < -0.3 is 15.2 Å². The zero-order valence-electron chi connectivity index (χ0n) is 12.8. The molecule has 22 heavy (non-hydrogen) atoms. The monoisotopic (exact) mass is 305 g/mol. The molecule has 0 aromatic heterocycles. The largest absolute Gasteiger partial charge is 0.481 e. The topological polar surface area (TPSA) is 75.6 Å². The van der Waals surface area contributed by atoms with E-state index in [0.717, 1.165) is 25.0 Å². The van der Waals surface area contributed by atoms with Crippen molar-refractivity contribution in [3.05, 3.63) is 35.9 Å². The molecule has 0 saturated carbocycles. The summed E-state index contributed by atoms with van der Waals surface area (Å²) in [4.78, 5) is 23.4. The zero-order valence-corrected chi connectivity index (χ0v) is 12.8. The van der Waals surface area contributed by atoms with Crippen LogP contribution < -0.4 is 5.32 Å². The summed E-state index contributed by atoms with van der Waals surface area (Å²) in [6.45, 7) is 2.38. The van der Waals surface area contributed by atoms with Crippen LogP contribution in [0.3, 0.4) is 0 Å². The Hall–Kier alpha value is -1.88. The van der Waals surface area contributed by atoms with E-state index in [4.69, 9.17) is 4.74 Å². The van der Waals surface area contributed by atoms with E-state index in [2.05, 4.69) is 5.32 Å². The van der Waals surface area contributed by atoms with Crippen molar-refractivity contribution in [2.45, 2.75) is 44.8 Å². The van der Waals surface area contributed by atoms with Gasteiger partial charge in [-0.25, -0.2) is 0 Å². The lowest BCUT2D eigenvalue weighted by atomic mass is 9.94. The Morgan fingerprint density at radius 1 is 1.36 bits per heavy atom. The highest BCUT2D eigenvalue weighted by molar-refractivity contribution is 5.78. The standard InChI is InChI=1S/C17H23NO4/c1-12(17(20)21)16(13-6-3-2-4-7-13)18-15(19)10-9-14-8-5-11-22-14/h2-4,6-7,12,14,16H,5,8-11H2,1H3,(H,18,19)(H,20,21). The summed E-state index contributed by atoms with van der Waals surface area (Å²) in [5, 5.41) is 12.1. The molecule has 0 bridgehead atoms.